The van der Waals surface area contributed by atoms with Crippen LogP contribution in [0.15, 0.2) is 0 Å². The first-order chi connectivity index (χ1) is 12.1. The molecule has 0 spiro atoms. The number of piperazine rings is 1. The fraction of sp³-hybridized carbons (Fsp3) is 0.952. The van der Waals surface area contributed by atoms with Crippen LogP contribution in [-0.2, 0) is 4.79 Å². The number of carbonyl (C=O) groups is 1. The number of likely N-dealkylation sites (tertiary alicyclic amines) is 1. The molecular formula is C21H35N3O. The topological polar surface area (TPSA) is 26.8 Å². The lowest BCUT2D eigenvalue weighted by molar-refractivity contribution is -0.156. The third-order valence-corrected chi connectivity index (χ3v) is 8.31. The number of hydrogen-bond donors (Lipinski definition) is 0. The summed E-state index contributed by atoms with van der Waals surface area (Å²) < 4.78 is 0. The molecule has 6 aliphatic rings. The highest BCUT2D eigenvalue weighted by Gasteiger charge is 2.56. The molecule has 1 unspecified atom stereocenters. The summed E-state index contributed by atoms with van der Waals surface area (Å²) in [5.74, 6) is 3.17. The van der Waals surface area contributed by atoms with E-state index in [1.807, 2.05) is 0 Å². The lowest BCUT2D eigenvalue weighted by Crippen LogP contribution is -2.55. The molecule has 0 aromatic rings. The van der Waals surface area contributed by atoms with Crippen molar-refractivity contribution in [3.63, 3.8) is 0 Å². The van der Waals surface area contributed by atoms with Gasteiger partial charge in [0.1, 0.15) is 0 Å². The maximum atomic E-state index is 13.5. The Labute approximate surface area is 152 Å². The quantitative estimate of drug-likeness (QED) is 0.786. The molecule has 140 valence electrons. The second-order valence-corrected chi connectivity index (χ2v) is 9.86. The van der Waals surface area contributed by atoms with Crippen molar-refractivity contribution in [3.8, 4) is 0 Å². The van der Waals surface area contributed by atoms with E-state index < -0.39 is 0 Å². The number of likely N-dealkylation sites (N-methyl/N-ethyl adjacent to an activating group) is 1. The Balaban J connectivity index is 1.23. The molecular weight excluding hydrogens is 310 g/mol. The van der Waals surface area contributed by atoms with Crippen LogP contribution < -0.4 is 0 Å². The lowest BCUT2D eigenvalue weighted by Gasteiger charge is -2.56. The first kappa shape index (κ1) is 16.6. The number of hydrogen-bond acceptors (Lipinski definition) is 3. The van der Waals surface area contributed by atoms with Crippen LogP contribution in [0.3, 0.4) is 0 Å². The van der Waals surface area contributed by atoms with Crippen molar-refractivity contribution in [2.45, 2.75) is 57.9 Å². The van der Waals surface area contributed by atoms with Gasteiger partial charge in [-0.1, -0.05) is 6.92 Å². The van der Waals surface area contributed by atoms with Crippen molar-refractivity contribution in [2.24, 2.45) is 23.2 Å². The first-order valence-corrected chi connectivity index (χ1v) is 10.9. The van der Waals surface area contributed by atoms with E-state index in [0.717, 1.165) is 30.8 Å². The molecule has 25 heavy (non-hydrogen) atoms. The van der Waals surface area contributed by atoms with E-state index in [1.54, 1.807) is 0 Å². The third-order valence-electron chi connectivity index (χ3n) is 8.31. The number of nitrogens with zero attached hydrogens (tertiary/aromatic N) is 3. The van der Waals surface area contributed by atoms with E-state index in [0.29, 0.717) is 11.9 Å². The van der Waals surface area contributed by atoms with Crippen LogP contribution in [0.1, 0.15) is 51.9 Å². The minimum absolute atomic E-state index is 0.0601. The summed E-state index contributed by atoms with van der Waals surface area (Å²) in [4.78, 5) is 21.0. The van der Waals surface area contributed by atoms with Crippen LogP contribution >= 0.6 is 0 Å². The Morgan fingerprint density at radius 3 is 2.08 bits per heavy atom. The van der Waals surface area contributed by atoms with Gasteiger partial charge in [0.25, 0.3) is 0 Å². The summed E-state index contributed by atoms with van der Waals surface area (Å²) in [7, 11) is 0. The van der Waals surface area contributed by atoms with E-state index in [2.05, 4.69) is 21.6 Å². The predicted octanol–water partition coefficient (Wildman–Crippen LogP) is 2.44. The fourth-order valence-electron chi connectivity index (χ4n) is 7.38. The van der Waals surface area contributed by atoms with Crippen molar-refractivity contribution in [3.05, 3.63) is 0 Å². The molecule has 0 aromatic heterocycles. The van der Waals surface area contributed by atoms with Crippen LogP contribution in [0.4, 0.5) is 0 Å². The molecule has 1 atom stereocenters. The standard InChI is InChI=1S/C21H35N3O/c1-2-22-5-7-23(8-6-22)19-3-4-24(15-19)20(25)21-12-16-9-17(13-21)11-18(10-16)14-21/h16-19H,2-15H2,1H3. The van der Waals surface area contributed by atoms with E-state index in [1.165, 1.54) is 77.7 Å². The van der Waals surface area contributed by atoms with Crippen LogP contribution in [0.2, 0.25) is 0 Å². The summed E-state index contributed by atoms with van der Waals surface area (Å²) in [6.45, 7) is 10.2. The number of rotatable bonds is 3. The Morgan fingerprint density at radius 1 is 0.920 bits per heavy atom. The van der Waals surface area contributed by atoms with Gasteiger partial charge in [-0.2, -0.15) is 0 Å². The van der Waals surface area contributed by atoms with Gasteiger partial charge in [0.2, 0.25) is 5.91 Å². The Hall–Kier alpha value is -0.610. The van der Waals surface area contributed by atoms with Gasteiger partial charge in [-0.05, 0) is 69.2 Å². The largest absolute Gasteiger partial charge is 0.341 e. The first-order valence-electron chi connectivity index (χ1n) is 10.9. The minimum atomic E-state index is 0.0601. The summed E-state index contributed by atoms with van der Waals surface area (Å²) in [6, 6.07) is 0.622. The molecule has 1 amide bonds. The molecule has 0 N–H and O–H groups in total. The molecule has 6 fully saturated rings. The monoisotopic (exact) mass is 345 g/mol. The molecule has 2 saturated heterocycles. The smallest absolute Gasteiger partial charge is 0.228 e. The molecule has 4 aliphatic carbocycles. The highest BCUT2D eigenvalue weighted by molar-refractivity contribution is 5.83. The predicted molar refractivity (Wildman–Crippen MR) is 99.3 cm³/mol. The van der Waals surface area contributed by atoms with Crippen molar-refractivity contribution in [1.82, 2.24) is 14.7 Å². The van der Waals surface area contributed by atoms with Gasteiger partial charge in [0.15, 0.2) is 0 Å². The highest BCUT2D eigenvalue weighted by atomic mass is 16.2. The number of carbonyl (C=O) groups excluding carboxylic acids is 1. The second-order valence-electron chi connectivity index (χ2n) is 9.86. The van der Waals surface area contributed by atoms with E-state index in [-0.39, 0.29) is 5.41 Å². The maximum absolute atomic E-state index is 13.5. The Kier molecular flexibility index (Phi) is 4.12. The van der Waals surface area contributed by atoms with Gasteiger partial charge in [-0.25, -0.2) is 0 Å². The second kappa shape index (κ2) is 6.23. The van der Waals surface area contributed by atoms with Gasteiger partial charge in [-0.3, -0.25) is 9.69 Å². The summed E-state index contributed by atoms with van der Waals surface area (Å²) in [6.07, 6.45) is 9.13. The van der Waals surface area contributed by atoms with Gasteiger partial charge in [-0.15, -0.1) is 0 Å². The van der Waals surface area contributed by atoms with Gasteiger partial charge < -0.3 is 9.80 Å². The van der Waals surface area contributed by atoms with Gasteiger partial charge >= 0.3 is 0 Å². The van der Waals surface area contributed by atoms with Crippen LogP contribution in [0.25, 0.3) is 0 Å². The SMILES string of the molecule is CCN1CCN(C2CCN(C(=O)C34CC5CC(CC(C5)C3)C4)C2)CC1. The average Bonchev–Trinajstić information content (AvgIpc) is 3.10. The third kappa shape index (κ3) is 2.84. The zero-order valence-electron chi connectivity index (χ0n) is 16.0. The molecule has 4 bridgehead atoms. The van der Waals surface area contributed by atoms with Gasteiger partial charge in [0, 0.05) is 45.3 Å². The molecule has 2 aliphatic heterocycles. The molecule has 4 nitrogen and oxygen atoms in total. The maximum Gasteiger partial charge on any atom is 0.228 e. The van der Waals surface area contributed by atoms with E-state index >= 15 is 0 Å². The van der Waals surface area contributed by atoms with Crippen molar-refractivity contribution < 1.29 is 4.79 Å². The number of amides is 1. The summed E-state index contributed by atoms with van der Waals surface area (Å²) in [5, 5.41) is 0. The minimum Gasteiger partial charge on any atom is -0.341 e. The van der Waals surface area contributed by atoms with Crippen molar-refractivity contribution in [2.75, 3.05) is 45.8 Å². The van der Waals surface area contributed by atoms with Gasteiger partial charge in [0.05, 0.1) is 5.41 Å². The van der Waals surface area contributed by atoms with E-state index in [9.17, 15) is 4.79 Å². The molecule has 4 saturated carbocycles. The molecule has 6 rings (SSSR count). The fourth-order valence-corrected chi connectivity index (χ4v) is 7.38. The molecule has 0 radical (unpaired) electrons. The van der Waals surface area contributed by atoms with Crippen LogP contribution in [-0.4, -0.2) is 72.5 Å². The zero-order valence-corrected chi connectivity index (χ0v) is 16.0. The van der Waals surface area contributed by atoms with E-state index in [4.69, 9.17) is 0 Å². The average molecular weight is 346 g/mol. The Bertz CT molecular complexity index is 490. The zero-order chi connectivity index (χ0) is 17.0. The van der Waals surface area contributed by atoms with Crippen LogP contribution in [0, 0.1) is 23.2 Å². The normalized spacial score (nSPS) is 44.6. The highest BCUT2D eigenvalue weighted by Crippen LogP contribution is 2.60. The van der Waals surface area contributed by atoms with Crippen LogP contribution in [0.5, 0.6) is 0 Å². The van der Waals surface area contributed by atoms with Crippen molar-refractivity contribution in [1.29, 1.82) is 0 Å². The summed E-state index contributed by atoms with van der Waals surface area (Å²) >= 11 is 0. The van der Waals surface area contributed by atoms with Crippen molar-refractivity contribution >= 4 is 5.91 Å². The molecule has 4 heteroatoms. The summed E-state index contributed by atoms with van der Waals surface area (Å²) in [5.41, 5.74) is 0.0601. The molecule has 2 heterocycles. The Morgan fingerprint density at radius 2 is 1.52 bits per heavy atom. The molecule has 0 aromatic carbocycles. The lowest BCUT2D eigenvalue weighted by atomic mass is 9.49.